The zero-order valence-electron chi connectivity index (χ0n) is 17.9. The molecule has 3 heterocycles. The van der Waals surface area contributed by atoms with E-state index in [-0.39, 0.29) is 12.2 Å². The van der Waals surface area contributed by atoms with Crippen LogP contribution in [0.25, 0.3) is 10.9 Å². The highest BCUT2D eigenvalue weighted by Gasteiger charge is 2.48. The number of carbonyl (C=O) groups is 1. The molecule has 1 saturated heterocycles. The number of halogens is 1. The molecule has 0 unspecified atom stereocenters. The normalized spacial score (nSPS) is 19.3. The first kappa shape index (κ1) is 21.3. The van der Waals surface area contributed by atoms with Crippen molar-refractivity contribution >= 4 is 32.6 Å². The maximum atomic E-state index is 13.1. The summed E-state index contributed by atoms with van der Waals surface area (Å²) in [7, 11) is 1.95. The standard InChI is InChI=1S/C25H24BrN3O3/c1-29-15-20(19-13-18(26)3-4-21(19)29)22(30)12-17-2-5-23(28-14-17)24(16-27)6-8-25(9-7-24)31-10-11-32-25/h2-5,13-15H,6-12H2,1H3. The molecule has 2 aromatic heterocycles. The quantitative estimate of drug-likeness (QED) is 0.486. The lowest BCUT2D eigenvalue weighted by atomic mass is 9.70. The van der Waals surface area contributed by atoms with E-state index < -0.39 is 11.2 Å². The Morgan fingerprint density at radius 2 is 1.94 bits per heavy atom. The molecular formula is C25H24BrN3O3. The van der Waals surface area contributed by atoms with Crippen LogP contribution in [0.2, 0.25) is 0 Å². The Morgan fingerprint density at radius 3 is 2.59 bits per heavy atom. The monoisotopic (exact) mass is 493 g/mol. The van der Waals surface area contributed by atoms with Crippen molar-refractivity contribution in [2.45, 2.75) is 43.3 Å². The lowest BCUT2D eigenvalue weighted by molar-refractivity contribution is -0.182. The third-order valence-corrected chi connectivity index (χ3v) is 7.32. The molecular weight excluding hydrogens is 470 g/mol. The topological polar surface area (TPSA) is 77.1 Å². The van der Waals surface area contributed by atoms with E-state index >= 15 is 0 Å². The van der Waals surface area contributed by atoms with E-state index in [0.717, 1.165) is 26.6 Å². The van der Waals surface area contributed by atoms with Gasteiger partial charge in [-0.3, -0.25) is 9.78 Å². The largest absolute Gasteiger partial charge is 0.350 e. The number of hydrogen-bond donors (Lipinski definition) is 0. The number of Topliss-reactive ketones (excluding diaryl/α,β-unsaturated/α-hetero) is 1. The van der Waals surface area contributed by atoms with Gasteiger partial charge in [0.05, 0.1) is 30.4 Å². The summed E-state index contributed by atoms with van der Waals surface area (Å²) in [4.78, 5) is 17.7. The van der Waals surface area contributed by atoms with E-state index in [4.69, 9.17) is 9.47 Å². The summed E-state index contributed by atoms with van der Waals surface area (Å²) in [6.07, 6.45) is 6.58. The van der Waals surface area contributed by atoms with Crippen LogP contribution in [0.4, 0.5) is 0 Å². The number of pyridine rings is 1. The van der Waals surface area contributed by atoms with Crippen molar-refractivity contribution in [1.29, 1.82) is 5.26 Å². The number of aryl methyl sites for hydroxylation is 1. The Balaban J connectivity index is 1.33. The molecule has 0 atom stereocenters. The van der Waals surface area contributed by atoms with Crippen LogP contribution in [-0.4, -0.2) is 34.3 Å². The first-order valence-electron chi connectivity index (χ1n) is 10.9. The second-order valence-corrected chi connectivity index (χ2v) is 9.68. The minimum absolute atomic E-state index is 0.0494. The van der Waals surface area contributed by atoms with Crippen LogP contribution in [0, 0.1) is 11.3 Å². The summed E-state index contributed by atoms with van der Waals surface area (Å²) in [6.45, 7) is 1.24. The van der Waals surface area contributed by atoms with Gasteiger partial charge >= 0.3 is 0 Å². The fraction of sp³-hybridized carbons (Fsp3) is 0.400. The molecule has 0 bridgehead atoms. The fourth-order valence-corrected chi connectivity index (χ4v) is 5.31. The minimum Gasteiger partial charge on any atom is -0.350 e. The van der Waals surface area contributed by atoms with Gasteiger partial charge < -0.3 is 14.0 Å². The van der Waals surface area contributed by atoms with Gasteiger partial charge in [-0.2, -0.15) is 5.26 Å². The number of fused-ring (bicyclic) bond motifs is 1. The molecule has 0 amide bonds. The van der Waals surface area contributed by atoms with Crippen molar-refractivity contribution in [3.05, 3.63) is 64.0 Å². The van der Waals surface area contributed by atoms with Crippen LogP contribution in [0.5, 0.6) is 0 Å². The molecule has 3 aromatic rings. The molecule has 1 aliphatic carbocycles. The number of aromatic nitrogens is 2. The summed E-state index contributed by atoms with van der Waals surface area (Å²) in [5.74, 6) is -0.464. The number of hydrogen-bond acceptors (Lipinski definition) is 5. The lowest BCUT2D eigenvalue weighted by Gasteiger charge is -2.39. The van der Waals surface area contributed by atoms with Gasteiger partial charge in [0.25, 0.3) is 0 Å². The Labute approximate surface area is 195 Å². The third kappa shape index (κ3) is 3.66. The van der Waals surface area contributed by atoms with Gasteiger partial charge in [-0.15, -0.1) is 0 Å². The van der Waals surface area contributed by atoms with Crippen molar-refractivity contribution in [3.8, 4) is 6.07 Å². The van der Waals surface area contributed by atoms with E-state index in [1.165, 1.54) is 0 Å². The highest BCUT2D eigenvalue weighted by atomic mass is 79.9. The molecule has 0 N–H and O–H groups in total. The smallest absolute Gasteiger partial charge is 0.169 e. The molecule has 1 saturated carbocycles. The van der Waals surface area contributed by atoms with E-state index in [0.29, 0.717) is 44.5 Å². The number of carbonyl (C=O) groups excluding carboxylic acids is 1. The van der Waals surface area contributed by atoms with Gasteiger partial charge in [-0.05, 0) is 42.7 Å². The van der Waals surface area contributed by atoms with Crippen molar-refractivity contribution in [2.75, 3.05) is 13.2 Å². The number of rotatable bonds is 4. The van der Waals surface area contributed by atoms with Crippen LogP contribution >= 0.6 is 15.9 Å². The highest BCUT2D eigenvalue weighted by molar-refractivity contribution is 9.10. The molecule has 32 heavy (non-hydrogen) atoms. The summed E-state index contributed by atoms with van der Waals surface area (Å²) in [5, 5.41) is 10.9. The second-order valence-electron chi connectivity index (χ2n) is 8.77. The molecule has 2 fully saturated rings. The Hall–Kier alpha value is -2.53. The number of ether oxygens (including phenoxy) is 2. The van der Waals surface area contributed by atoms with Crippen LogP contribution in [0.1, 0.15) is 47.3 Å². The third-order valence-electron chi connectivity index (χ3n) is 6.82. The zero-order valence-corrected chi connectivity index (χ0v) is 19.5. The predicted octanol–water partition coefficient (Wildman–Crippen LogP) is 4.84. The molecule has 5 rings (SSSR count). The second kappa shape index (κ2) is 8.11. The first-order chi connectivity index (χ1) is 15.4. The number of benzene rings is 1. The Bertz CT molecular complexity index is 1210. The molecule has 2 aliphatic rings. The van der Waals surface area contributed by atoms with Crippen LogP contribution < -0.4 is 0 Å². The minimum atomic E-state index is -0.634. The average Bonchev–Trinajstić information content (AvgIpc) is 3.39. The first-order valence-corrected chi connectivity index (χ1v) is 11.7. The van der Waals surface area contributed by atoms with Gasteiger partial charge in [0.1, 0.15) is 0 Å². The van der Waals surface area contributed by atoms with Gasteiger partial charge in [0.15, 0.2) is 11.6 Å². The molecule has 6 nitrogen and oxygen atoms in total. The van der Waals surface area contributed by atoms with Crippen LogP contribution in [-0.2, 0) is 28.4 Å². The summed E-state index contributed by atoms with van der Waals surface area (Å²) in [6, 6.07) is 12.3. The van der Waals surface area contributed by atoms with Crippen LogP contribution in [0.3, 0.4) is 0 Å². The predicted molar refractivity (Wildman–Crippen MR) is 123 cm³/mol. The van der Waals surface area contributed by atoms with Crippen LogP contribution in [0.15, 0.2) is 47.2 Å². The van der Waals surface area contributed by atoms with E-state index in [9.17, 15) is 10.1 Å². The summed E-state index contributed by atoms with van der Waals surface area (Å²) < 4.78 is 14.5. The van der Waals surface area contributed by atoms with E-state index in [1.54, 1.807) is 6.20 Å². The Kier molecular flexibility index (Phi) is 5.40. The van der Waals surface area contributed by atoms with Crippen molar-refractivity contribution < 1.29 is 14.3 Å². The molecule has 1 aliphatic heterocycles. The van der Waals surface area contributed by atoms with Gasteiger partial charge in [-0.1, -0.05) is 22.0 Å². The van der Waals surface area contributed by atoms with Gasteiger partial charge in [0.2, 0.25) is 0 Å². The molecule has 1 aromatic carbocycles. The molecule has 164 valence electrons. The summed E-state index contributed by atoms with van der Waals surface area (Å²) in [5.41, 5.74) is 2.69. The van der Waals surface area contributed by atoms with E-state index in [1.807, 2.05) is 48.1 Å². The van der Waals surface area contributed by atoms with Crippen molar-refractivity contribution in [2.24, 2.45) is 7.05 Å². The molecule has 0 radical (unpaired) electrons. The highest BCUT2D eigenvalue weighted by Crippen LogP contribution is 2.45. The zero-order chi connectivity index (χ0) is 22.3. The lowest BCUT2D eigenvalue weighted by Crippen LogP contribution is -2.41. The van der Waals surface area contributed by atoms with Gasteiger partial charge in [-0.25, -0.2) is 0 Å². The van der Waals surface area contributed by atoms with Crippen molar-refractivity contribution in [3.63, 3.8) is 0 Å². The molecule has 7 heteroatoms. The molecule has 1 spiro atoms. The fourth-order valence-electron chi connectivity index (χ4n) is 4.95. The average molecular weight is 494 g/mol. The SMILES string of the molecule is Cn1cc(C(=O)Cc2ccc(C3(C#N)CCC4(CC3)OCCO4)nc2)c2cc(Br)ccc21. The van der Waals surface area contributed by atoms with Gasteiger partial charge in [0, 0.05) is 59.6 Å². The number of ketones is 1. The number of nitrogens with zero attached hydrogens (tertiary/aromatic N) is 3. The van der Waals surface area contributed by atoms with E-state index in [2.05, 4.69) is 27.0 Å². The Morgan fingerprint density at radius 1 is 1.19 bits per heavy atom. The maximum absolute atomic E-state index is 13.1. The summed E-state index contributed by atoms with van der Waals surface area (Å²) >= 11 is 3.50. The van der Waals surface area contributed by atoms with Crippen molar-refractivity contribution in [1.82, 2.24) is 9.55 Å². The number of nitriles is 1. The maximum Gasteiger partial charge on any atom is 0.169 e.